The average Bonchev–Trinajstić information content (AvgIpc) is 3.15. The van der Waals surface area contributed by atoms with Crippen molar-refractivity contribution >= 4 is 5.78 Å². The SMILES string of the molecule is Cc1cc(C(C)N2CC[C@@H](C)[C@H](c3cc(C(F)F)nc4ncnn34)C2)cc(C)n1. The minimum atomic E-state index is -2.63. The normalized spacial score (nSPS) is 21.8. The zero-order valence-corrected chi connectivity index (χ0v) is 17.2. The van der Waals surface area contributed by atoms with Crippen molar-refractivity contribution in [3.63, 3.8) is 0 Å². The Morgan fingerprint density at radius 2 is 1.83 bits per heavy atom. The molecule has 1 saturated heterocycles. The summed E-state index contributed by atoms with van der Waals surface area (Å²) in [5.74, 6) is 0.648. The van der Waals surface area contributed by atoms with Gasteiger partial charge < -0.3 is 0 Å². The third-order valence-electron chi connectivity index (χ3n) is 6.03. The fourth-order valence-electron chi connectivity index (χ4n) is 4.38. The predicted molar refractivity (Wildman–Crippen MR) is 106 cm³/mol. The number of halogens is 2. The molecule has 0 aliphatic carbocycles. The minimum Gasteiger partial charge on any atom is -0.296 e. The van der Waals surface area contributed by atoms with E-state index in [1.165, 1.54) is 18.0 Å². The number of fused-ring (bicyclic) bond motifs is 1. The second kappa shape index (κ2) is 7.74. The summed E-state index contributed by atoms with van der Waals surface area (Å²) in [7, 11) is 0. The van der Waals surface area contributed by atoms with Crippen LogP contribution in [-0.4, -0.2) is 42.6 Å². The number of nitrogens with zero attached hydrogens (tertiary/aromatic N) is 6. The number of aromatic nitrogens is 5. The van der Waals surface area contributed by atoms with E-state index >= 15 is 0 Å². The van der Waals surface area contributed by atoms with Gasteiger partial charge in [0.25, 0.3) is 12.2 Å². The summed E-state index contributed by atoms with van der Waals surface area (Å²) < 4.78 is 28.4. The summed E-state index contributed by atoms with van der Waals surface area (Å²) in [5.41, 5.74) is 3.77. The molecule has 3 aromatic rings. The molecule has 0 saturated carbocycles. The molecule has 3 aromatic heterocycles. The molecule has 1 aliphatic rings. The highest BCUT2D eigenvalue weighted by atomic mass is 19.3. The fraction of sp³-hybridized carbons (Fsp3) is 0.524. The second-order valence-corrected chi connectivity index (χ2v) is 8.11. The lowest BCUT2D eigenvalue weighted by molar-refractivity contribution is 0.123. The van der Waals surface area contributed by atoms with E-state index in [4.69, 9.17) is 0 Å². The highest BCUT2D eigenvalue weighted by molar-refractivity contribution is 5.33. The lowest BCUT2D eigenvalue weighted by Crippen LogP contribution is -2.40. The summed E-state index contributed by atoms with van der Waals surface area (Å²) in [4.78, 5) is 14.9. The Morgan fingerprint density at radius 3 is 2.52 bits per heavy atom. The van der Waals surface area contributed by atoms with Gasteiger partial charge in [-0.05, 0) is 63.4 Å². The van der Waals surface area contributed by atoms with E-state index in [-0.39, 0.29) is 23.4 Å². The van der Waals surface area contributed by atoms with E-state index in [9.17, 15) is 8.78 Å². The van der Waals surface area contributed by atoms with Crippen molar-refractivity contribution in [2.75, 3.05) is 13.1 Å². The fourth-order valence-corrected chi connectivity index (χ4v) is 4.38. The molecule has 4 heterocycles. The molecule has 0 N–H and O–H groups in total. The molecular weight excluding hydrogens is 374 g/mol. The molecule has 8 heteroatoms. The van der Waals surface area contributed by atoms with Gasteiger partial charge in [0.2, 0.25) is 0 Å². The van der Waals surface area contributed by atoms with Crippen LogP contribution in [0.3, 0.4) is 0 Å². The third kappa shape index (κ3) is 3.85. The Kier molecular flexibility index (Phi) is 5.29. The molecule has 154 valence electrons. The topological polar surface area (TPSA) is 59.2 Å². The van der Waals surface area contributed by atoms with Crippen LogP contribution in [0.4, 0.5) is 8.78 Å². The van der Waals surface area contributed by atoms with E-state index in [0.29, 0.717) is 5.92 Å². The first-order valence-corrected chi connectivity index (χ1v) is 10.0. The Hall–Kier alpha value is -2.48. The number of rotatable bonds is 4. The van der Waals surface area contributed by atoms with Crippen LogP contribution in [0.15, 0.2) is 24.5 Å². The number of pyridine rings is 1. The molecule has 0 radical (unpaired) electrons. The van der Waals surface area contributed by atoms with Crippen LogP contribution in [0.25, 0.3) is 5.78 Å². The van der Waals surface area contributed by atoms with E-state index < -0.39 is 6.43 Å². The number of likely N-dealkylation sites (tertiary alicyclic amines) is 1. The summed E-state index contributed by atoms with van der Waals surface area (Å²) in [6.07, 6.45) is -0.273. The van der Waals surface area contributed by atoms with Gasteiger partial charge in [-0.1, -0.05) is 6.92 Å². The van der Waals surface area contributed by atoms with Crippen molar-refractivity contribution in [3.8, 4) is 0 Å². The first kappa shape index (κ1) is 19.8. The number of aryl methyl sites for hydroxylation is 2. The van der Waals surface area contributed by atoms with Gasteiger partial charge in [0.15, 0.2) is 0 Å². The van der Waals surface area contributed by atoms with Crippen molar-refractivity contribution in [2.45, 2.75) is 52.5 Å². The molecule has 0 bridgehead atoms. The standard InChI is InChI=1S/C21H26F2N6/c1-12-5-6-28(15(4)16-7-13(2)26-14(3)8-16)10-17(12)19-9-18(20(22)23)27-21-24-11-25-29(19)21/h7-9,11-12,15,17,20H,5-6,10H2,1-4H3/t12-,15?,17-/m1/s1. The Morgan fingerprint density at radius 1 is 1.10 bits per heavy atom. The predicted octanol–water partition coefficient (Wildman–Crippen LogP) is 4.26. The van der Waals surface area contributed by atoms with Gasteiger partial charge in [-0.25, -0.2) is 18.3 Å². The van der Waals surface area contributed by atoms with Gasteiger partial charge in [-0.15, -0.1) is 0 Å². The molecule has 3 atom stereocenters. The zero-order valence-electron chi connectivity index (χ0n) is 17.2. The van der Waals surface area contributed by atoms with E-state index in [1.54, 1.807) is 4.52 Å². The Balaban J connectivity index is 1.68. The van der Waals surface area contributed by atoms with Crippen LogP contribution in [0.2, 0.25) is 0 Å². The molecule has 0 amide bonds. The maximum absolute atomic E-state index is 13.4. The van der Waals surface area contributed by atoms with Crippen LogP contribution in [0.5, 0.6) is 0 Å². The number of piperidine rings is 1. The van der Waals surface area contributed by atoms with Crippen molar-refractivity contribution in [3.05, 3.63) is 52.9 Å². The molecule has 1 aliphatic heterocycles. The van der Waals surface area contributed by atoms with Crippen LogP contribution in [0, 0.1) is 19.8 Å². The minimum absolute atomic E-state index is 0.0694. The lowest BCUT2D eigenvalue weighted by Gasteiger charge is -2.40. The van der Waals surface area contributed by atoms with Crippen LogP contribution in [-0.2, 0) is 0 Å². The van der Waals surface area contributed by atoms with Crippen molar-refractivity contribution in [1.29, 1.82) is 0 Å². The van der Waals surface area contributed by atoms with Crippen LogP contribution < -0.4 is 0 Å². The summed E-state index contributed by atoms with van der Waals surface area (Å²) >= 11 is 0. The summed E-state index contributed by atoms with van der Waals surface area (Å²) in [6.45, 7) is 10.1. The Bertz CT molecular complexity index is 997. The van der Waals surface area contributed by atoms with E-state index in [0.717, 1.165) is 36.6 Å². The molecular formula is C21H26F2N6. The molecule has 0 aromatic carbocycles. The van der Waals surface area contributed by atoms with Crippen molar-refractivity contribution < 1.29 is 8.78 Å². The third-order valence-corrected chi connectivity index (χ3v) is 6.03. The van der Waals surface area contributed by atoms with Crippen LogP contribution in [0.1, 0.15) is 67.0 Å². The van der Waals surface area contributed by atoms with Gasteiger partial charge >= 0.3 is 0 Å². The Labute approximate surface area is 169 Å². The van der Waals surface area contributed by atoms with Gasteiger partial charge in [-0.3, -0.25) is 9.88 Å². The molecule has 1 fully saturated rings. The molecule has 4 rings (SSSR count). The molecule has 1 unspecified atom stereocenters. The van der Waals surface area contributed by atoms with Gasteiger partial charge in [0.1, 0.15) is 12.0 Å². The smallest absolute Gasteiger partial charge is 0.280 e. The lowest BCUT2D eigenvalue weighted by atomic mass is 9.83. The average molecular weight is 400 g/mol. The van der Waals surface area contributed by atoms with Crippen molar-refractivity contribution in [2.24, 2.45) is 5.92 Å². The number of hydrogen-bond acceptors (Lipinski definition) is 5. The quantitative estimate of drug-likeness (QED) is 0.655. The van der Waals surface area contributed by atoms with Crippen LogP contribution >= 0.6 is 0 Å². The zero-order chi connectivity index (χ0) is 20.7. The highest BCUT2D eigenvalue weighted by Gasteiger charge is 2.33. The van der Waals surface area contributed by atoms with E-state index in [2.05, 4.69) is 50.9 Å². The number of hydrogen-bond donors (Lipinski definition) is 0. The molecule has 0 spiro atoms. The van der Waals surface area contributed by atoms with Gasteiger partial charge in [-0.2, -0.15) is 10.1 Å². The maximum Gasteiger partial charge on any atom is 0.280 e. The van der Waals surface area contributed by atoms with Crippen molar-refractivity contribution in [1.82, 2.24) is 29.5 Å². The largest absolute Gasteiger partial charge is 0.296 e. The monoisotopic (exact) mass is 400 g/mol. The molecule has 6 nitrogen and oxygen atoms in total. The highest BCUT2D eigenvalue weighted by Crippen LogP contribution is 2.36. The first-order chi connectivity index (χ1) is 13.8. The first-order valence-electron chi connectivity index (χ1n) is 10.0. The summed E-state index contributed by atoms with van der Waals surface area (Å²) in [5, 5.41) is 4.25. The summed E-state index contributed by atoms with van der Waals surface area (Å²) in [6, 6.07) is 5.97. The van der Waals surface area contributed by atoms with Gasteiger partial charge in [0, 0.05) is 29.9 Å². The number of alkyl halides is 2. The van der Waals surface area contributed by atoms with E-state index in [1.807, 2.05) is 13.8 Å². The second-order valence-electron chi connectivity index (χ2n) is 8.11. The molecule has 29 heavy (non-hydrogen) atoms. The maximum atomic E-state index is 13.4. The van der Waals surface area contributed by atoms with Gasteiger partial charge in [0.05, 0.1) is 5.69 Å².